The predicted octanol–water partition coefficient (Wildman–Crippen LogP) is 2.38. The Morgan fingerprint density at radius 1 is 1.13 bits per heavy atom. The van der Waals surface area contributed by atoms with Crippen molar-refractivity contribution in [3.8, 4) is 0 Å². The highest BCUT2D eigenvalue weighted by molar-refractivity contribution is 5.97. The van der Waals surface area contributed by atoms with Gasteiger partial charge in [0.05, 0.1) is 0 Å². The average molecular weight is 318 g/mol. The van der Waals surface area contributed by atoms with E-state index in [4.69, 9.17) is 5.73 Å². The van der Waals surface area contributed by atoms with Crippen LogP contribution in [0.2, 0.25) is 0 Å². The van der Waals surface area contributed by atoms with Crippen LogP contribution >= 0.6 is 0 Å². The first-order valence-corrected chi connectivity index (χ1v) is 8.78. The molecule has 2 saturated carbocycles. The second-order valence-corrected chi connectivity index (χ2v) is 7.00. The van der Waals surface area contributed by atoms with Crippen LogP contribution in [-0.4, -0.2) is 27.6 Å². The summed E-state index contributed by atoms with van der Waals surface area (Å²) in [4.78, 5) is 24.4. The predicted molar refractivity (Wildman–Crippen MR) is 86.9 cm³/mol. The van der Waals surface area contributed by atoms with Gasteiger partial charge in [-0.2, -0.15) is 5.10 Å². The lowest BCUT2D eigenvalue weighted by atomic mass is 9.81. The Morgan fingerprint density at radius 2 is 1.78 bits per heavy atom. The smallest absolute Gasteiger partial charge is 0.272 e. The second-order valence-electron chi connectivity index (χ2n) is 7.00. The van der Waals surface area contributed by atoms with Crippen molar-refractivity contribution in [1.82, 2.24) is 15.5 Å². The standard InChI is InChI=1S/C17H26N4O2/c18-16(23)17(9-5-2-6-10-17)19-15(22)14-11-13(20-21-14)12-7-3-1-4-8-12/h11-12H,1-10H2,(H2,18,23)(H,19,22)(H,20,21). The topological polar surface area (TPSA) is 101 Å². The Kier molecular flexibility index (Phi) is 4.68. The zero-order valence-corrected chi connectivity index (χ0v) is 13.6. The molecule has 2 aliphatic carbocycles. The van der Waals surface area contributed by atoms with Crippen molar-refractivity contribution in [3.63, 3.8) is 0 Å². The second kappa shape index (κ2) is 6.72. The Bertz CT molecular complexity index is 569. The number of rotatable bonds is 4. The molecule has 0 bridgehead atoms. The SMILES string of the molecule is NC(=O)C1(NC(=O)c2cc(C3CCCCC3)[nH]n2)CCCCC1. The van der Waals surface area contributed by atoms with E-state index in [-0.39, 0.29) is 5.91 Å². The van der Waals surface area contributed by atoms with Gasteiger partial charge in [-0.3, -0.25) is 14.7 Å². The zero-order chi connectivity index (χ0) is 16.3. The highest BCUT2D eigenvalue weighted by atomic mass is 16.2. The molecule has 2 fully saturated rings. The van der Waals surface area contributed by atoms with E-state index in [1.807, 2.05) is 6.07 Å². The minimum Gasteiger partial charge on any atom is -0.368 e. The number of hydrogen-bond donors (Lipinski definition) is 3. The van der Waals surface area contributed by atoms with E-state index in [9.17, 15) is 9.59 Å². The molecule has 0 atom stereocenters. The number of nitrogens with zero attached hydrogens (tertiary/aromatic N) is 1. The summed E-state index contributed by atoms with van der Waals surface area (Å²) in [6.07, 6.45) is 10.2. The fourth-order valence-corrected chi connectivity index (χ4v) is 3.95. The third-order valence-corrected chi connectivity index (χ3v) is 5.41. The van der Waals surface area contributed by atoms with Crippen molar-refractivity contribution in [3.05, 3.63) is 17.5 Å². The van der Waals surface area contributed by atoms with Crippen LogP contribution in [0.25, 0.3) is 0 Å². The Balaban J connectivity index is 1.70. The van der Waals surface area contributed by atoms with Gasteiger partial charge >= 0.3 is 0 Å². The molecule has 1 aromatic rings. The number of nitrogens with one attached hydrogen (secondary N) is 2. The Labute approximate surface area is 136 Å². The molecule has 0 saturated heterocycles. The molecule has 0 radical (unpaired) electrons. The zero-order valence-electron chi connectivity index (χ0n) is 13.6. The molecule has 6 heteroatoms. The summed E-state index contributed by atoms with van der Waals surface area (Å²) in [5.41, 5.74) is 6.06. The van der Waals surface area contributed by atoms with Crippen molar-refractivity contribution >= 4 is 11.8 Å². The minimum atomic E-state index is -0.903. The van der Waals surface area contributed by atoms with Crippen LogP contribution in [0.4, 0.5) is 0 Å². The highest BCUT2D eigenvalue weighted by Crippen LogP contribution is 2.32. The van der Waals surface area contributed by atoms with Gasteiger partial charge in [0.15, 0.2) is 0 Å². The summed E-state index contributed by atoms with van der Waals surface area (Å²) in [6.45, 7) is 0. The minimum absolute atomic E-state index is 0.302. The van der Waals surface area contributed by atoms with E-state index in [0.717, 1.165) is 37.8 Å². The van der Waals surface area contributed by atoms with Crippen LogP contribution in [0.5, 0.6) is 0 Å². The number of aromatic nitrogens is 2. The number of aromatic amines is 1. The molecular weight excluding hydrogens is 292 g/mol. The van der Waals surface area contributed by atoms with E-state index in [0.29, 0.717) is 24.5 Å². The van der Waals surface area contributed by atoms with Crippen LogP contribution in [0, 0.1) is 0 Å². The van der Waals surface area contributed by atoms with Gasteiger partial charge in [0.25, 0.3) is 5.91 Å². The van der Waals surface area contributed by atoms with E-state index >= 15 is 0 Å². The molecule has 0 unspecified atom stereocenters. The van der Waals surface area contributed by atoms with Gasteiger partial charge in [-0.1, -0.05) is 38.5 Å². The van der Waals surface area contributed by atoms with E-state index in [2.05, 4.69) is 15.5 Å². The molecule has 2 aliphatic rings. The largest absolute Gasteiger partial charge is 0.368 e. The van der Waals surface area contributed by atoms with Crippen LogP contribution < -0.4 is 11.1 Å². The first-order valence-electron chi connectivity index (χ1n) is 8.78. The van der Waals surface area contributed by atoms with Gasteiger partial charge in [0.2, 0.25) is 5.91 Å². The third-order valence-electron chi connectivity index (χ3n) is 5.41. The van der Waals surface area contributed by atoms with Crippen molar-refractivity contribution in [1.29, 1.82) is 0 Å². The third kappa shape index (κ3) is 3.41. The normalized spacial score (nSPS) is 21.7. The summed E-state index contributed by atoms with van der Waals surface area (Å²) in [5.74, 6) is -0.268. The van der Waals surface area contributed by atoms with Gasteiger partial charge in [-0.25, -0.2) is 0 Å². The number of carbonyl (C=O) groups is 2. The Hall–Kier alpha value is -1.85. The van der Waals surface area contributed by atoms with E-state index in [1.54, 1.807) is 0 Å². The van der Waals surface area contributed by atoms with E-state index in [1.165, 1.54) is 19.3 Å². The monoisotopic (exact) mass is 318 g/mol. The number of H-pyrrole nitrogens is 1. The highest BCUT2D eigenvalue weighted by Gasteiger charge is 2.39. The number of nitrogens with two attached hydrogens (primary N) is 1. The number of primary amides is 1. The molecule has 1 heterocycles. The van der Waals surface area contributed by atoms with Gasteiger partial charge < -0.3 is 11.1 Å². The number of carbonyl (C=O) groups excluding carboxylic acids is 2. The number of amides is 2. The quantitative estimate of drug-likeness (QED) is 0.794. The van der Waals surface area contributed by atoms with Gasteiger partial charge in [-0.15, -0.1) is 0 Å². The molecule has 0 spiro atoms. The maximum Gasteiger partial charge on any atom is 0.272 e. The molecule has 1 aromatic heterocycles. The van der Waals surface area contributed by atoms with Crippen molar-refractivity contribution in [2.24, 2.45) is 5.73 Å². The first-order chi connectivity index (χ1) is 11.1. The Morgan fingerprint density at radius 3 is 2.43 bits per heavy atom. The van der Waals surface area contributed by atoms with Crippen LogP contribution in [0.1, 0.15) is 86.3 Å². The summed E-state index contributed by atoms with van der Waals surface area (Å²) in [7, 11) is 0. The number of hydrogen-bond acceptors (Lipinski definition) is 3. The molecule has 6 nitrogen and oxygen atoms in total. The van der Waals surface area contributed by atoms with Gasteiger partial charge in [-0.05, 0) is 31.7 Å². The molecule has 0 aromatic carbocycles. The molecule has 4 N–H and O–H groups in total. The molecular formula is C17H26N4O2. The summed E-state index contributed by atoms with van der Waals surface area (Å²) in [6, 6.07) is 1.84. The molecule has 126 valence electrons. The van der Waals surface area contributed by atoms with Gasteiger partial charge in [0.1, 0.15) is 11.2 Å². The lowest BCUT2D eigenvalue weighted by Gasteiger charge is -2.34. The van der Waals surface area contributed by atoms with Crippen molar-refractivity contribution < 1.29 is 9.59 Å². The molecule has 0 aliphatic heterocycles. The maximum atomic E-state index is 12.5. The van der Waals surface area contributed by atoms with E-state index < -0.39 is 11.4 Å². The fraction of sp³-hybridized carbons (Fsp3) is 0.706. The summed E-state index contributed by atoms with van der Waals surface area (Å²) < 4.78 is 0. The maximum absolute atomic E-state index is 12.5. The van der Waals surface area contributed by atoms with Crippen LogP contribution in [-0.2, 0) is 4.79 Å². The lowest BCUT2D eigenvalue weighted by Crippen LogP contribution is -2.58. The molecule has 3 rings (SSSR count). The summed E-state index contributed by atoms with van der Waals surface area (Å²) in [5, 5.41) is 10.0. The lowest BCUT2D eigenvalue weighted by molar-refractivity contribution is -0.125. The fourth-order valence-electron chi connectivity index (χ4n) is 3.95. The summed E-state index contributed by atoms with van der Waals surface area (Å²) >= 11 is 0. The molecule has 2 amide bonds. The molecule has 23 heavy (non-hydrogen) atoms. The van der Waals surface area contributed by atoms with Crippen LogP contribution in [0.3, 0.4) is 0 Å². The van der Waals surface area contributed by atoms with Crippen molar-refractivity contribution in [2.75, 3.05) is 0 Å². The van der Waals surface area contributed by atoms with Crippen LogP contribution in [0.15, 0.2) is 6.07 Å². The van der Waals surface area contributed by atoms with Crippen molar-refractivity contribution in [2.45, 2.75) is 75.7 Å². The first kappa shape index (κ1) is 16.0. The van der Waals surface area contributed by atoms with Gasteiger partial charge in [0, 0.05) is 11.6 Å². The average Bonchev–Trinajstić information content (AvgIpc) is 3.06.